The second kappa shape index (κ2) is 7.08. The first-order chi connectivity index (χ1) is 10.6. The van der Waals surface area contributed by atoms with Crippen LogP contribution in [-0.2, 0) is 4.79 Å². The topological polar surface area (TPSA) is 85.2 Å². The Kier molecular flexibility index (Phi) is 5.16. The molecule has 1 aliphatic heterocycles. The fourth-order valence-electron chi connectivity index (χ4n) is 2.53. The molecule has 0 unspecified atom stereocenters. The first kappa shape index (κ1) is 16.0. The molecule has 120 valence electrons. The van der Waals surface area contributed by atoms with Crippen molar-refractivity contribution in [2.24, 2.45) is 0 Å². The zero-order valence-corrected chi connectivity index (χ0v) is 12.7. The van der Waals surface area contributed by atoms with E-state index in [2.05, 4.69) is 9.80 Å². The van der Waals surface area contributed by atoms with E-state index in [1.165, 1.54) is 20.3 Å². The van der Waals surface area contributed by atoms with E-state index in [-0.39, 0.29) is 11.4 Å². The minimum atomic E-state index is -0.493. The summed E-state index contributed by atoms with van der Waals surface area (Å²) in [6.45, 7) is 3.35. The number of nitro groups is 1. The standard InChI is InChI=1S/C14H19N3O5/c1-21-13-10-12(17(19)20)14(22-2)9-11(13)16-5-3-15(4-6-16)7-8-18/h8-10H,3-7H2,1-2H3. The van der Waals surface area contributed by atoms with Crippen LogP contribution >= 0.6 is 0 Å². The highest BCUT2D eigenvalue weighted by Crippen LogP contribution is 2.39. The Labute approximate surface area is 128 Å². The number of ether oxygens (including phenoxy) is 2. The summed E-state index contributed by atoms with van der Waals surface area (Å²) in [5.74, 6) is 0.646. The third kappa shape index (κ3) is 3.28. The third-order valence-corrected chi connectivity index (χ3v) is 3.72. The maximum atomic E-state index is 11.1. The van der Waals surface area contributed by atoms with Crippen LogP contribution in [0.1, 0.15) is 0 Å². The van der Waals surface area contributed by atoms with Crippen molar-refractivity contribution < 1.29 is 19.2 Å². The van der Waals surface area contributed by atoms with Crippen LogP contribution < -0.4 is 14.4 Å². The molecular weight excluding hydrogens is 290 g/mol. The van der Waals surface area contributed by atoms with Crippen molar-refractivity contribution in [3.63, 3.8) is 0 Å². The summed E-state index contributed by atoms with van der Waals surface area (Å²) < 4.78 is 10.4. The molecule has 0 saturated carbocycles. The summed E-state index contributed by atoms with van der Waals surface area (Å²) >= 11 is 0. The van der Waals surface area contributed by atoms with Gasteiger partial charge < -0.3 is 19.2 Å². The molecule has 2 rings (SSSR count). The molecule has 1 aliphatic rings. The molecule has 1 aromatic carbocycles. The molecule has 0 atom stereocenters. The monoisotopic (exact) mass is 309 g/mol. The maximum Gasteiger partial charge on any atom is 0.314 e. The van der Waals surface area contributed by atoms with Gasteiger partial charge in [0.15, 0.2) is 5.75 Å². The Morgan fingerprint density at radius 1 is 1.18 bits per heavy atom. The SMILES string of the molecule is COc1cc([N+](=O)[O-])c(OC)cc1N1CCN(CC=O)CC1. The van der Waals surface area contributed by atoms with Crippen molar-refractivity contribution >= 4 is 17.7 Å². The van der Waals surface area contributed by atoms with Gasteiger partial charge in [-0.05, 0) is 0 Å². The first-order valence-electron chi connectivity index (χ1n) is 6.92. The highest BCUT2D eigenvalue weighted by molar-refractivity contribution is 5.68. The molecule has 22 heavy (non-hydrogen) atoms. The Bertz CT molecular complexity index is 556. The van der Waals surface area contributed by atoms with Gasteiger partial charge in [-0.3, -0.25) is 15.0 Å². The smallest absolute Gasteiger partial charge is 0.314 e. The molecule has 1 saturated heterocycles. The van der Waals surface area contributed by atoms with Gasteiger partial charge in [0.1, 0.15) is 12.0 Å². The predicted molar refractivity (Wildman–Crippen MR) is 80.9 cm³/mol. The van der Waals surface area contributed by atoms with E-state index in [4.69, 9.17) is 9.47 Å². The number of benzene rings is 1. The average molecular weight is 309 g/mol. The molecule has 1 aromatic rings. The number of carbonyl (C=O) groups is 1. The third-order valence-electron chi connectivity index (χ3n) is 3.72. The van der Waals surface area contributed by atoms with Crippen molar-refractivity contribution in [2.45, 2.75) is 0 Å². The van der Waals surface area contributed by atoms with E-state index >= 15 is 0 Å². The zero-order valence-electron chi connectivity index (χ0n) is 12.7. The second-order valence-electron chi connectivity index (χ2n) is 4.91. The number of methoxy groups -OCH3 is 2. The van der Waals surface area contributed by atoms with E-state index in [1.54, 1.807) is 6.07 Å². The van der Waals surface area contributed by atoms with Crippen LogP contribution in [0.4, 0.5) is 11.4 Å². The van der Waals surface area contributed by atoms with Gasteiger partial charge in [0.25, 0.3) is 0 Å². The number of anilines is 1. The van der Waals surface area contributed by atoms with Crippen LogP contribution in [0.3, 0.4) is 0 Å². The van der Waals surface area contributed by atoms with E-state index in [9.17, 15) is 14.9 Å². The number of hydrogen-bond acceptors (Lipinski definition) is 7. The van der Waals surface area contributed by atoms with Crippen LogP contribution in [0.15, 0.2) is 12.1 Å². The lowest BCUT2D eigenvalue weighted by atomic mass is 10.2. The number of hydrogen-bond donors (Lipinski definition) is 0. The Morgan fingerprint density at radius 3 is 2.32 bits per heavy atom. The van der Waals surface area contributed by atoms with Crippen LogP contribution in [0.2, 0.25) is 0 Å². The number of nitro benzene ring substituents is 1. The molecule has 0 amide bonds. The van der Waals surface area contributed by atoms with Gasteiger partial charge in [0.05, 0.1) is 37.4 Å². The molecular formula is C14H19N3O5. The Hall–Kier alpha value is -2.35. The van der Waals surface area contributed by atoms with Gasteiger partial charge in [0, 0.05) is 32.2 Å². The maximum absolute atomic E-state index is 11.1. The minimum Gasteiger partial charge on any atom is -0.494 e. The molecule has 8 nitrogen and oxygen atoms in total. The Morgan fingerprint density at radius 2 is 1.82 bits per heavy atom. The van der Waals surface area contributed by atoms with Crippen molar-refractivity contribution in [2.75, 3.05) is 51.8 Å². The Balaban J connectivity index is 2.27. The number of carbonyl (C=O) groups excluding carboxylic acids is 1. The number of rotatable bonds is 6. The molecule has 0 radical (unpaired) electrons. The van der Waals surface area contributed by atoms with E-state index < -0.39 is 4.92 Å². The summed E-state index contributed by atoms with van der Waals surface area (Å²) in [7, 11) is 2.89. The first-order valence-corrected chi connectivity index (χ1v) is 6.92. The van der Waals surface area contributed by atoms with E-state index in [0.717, 1.165) is 25.1 Å². The van der Waals surface area contributed by atoms with Crippen molar-refractivity contribution in [1.29, 1.82) is 0 Å². The normalized spacial score (nSPS) is 15.5. The van der Waals surface area contributed by atoms with Gasteiger partial charge in [-0.15, -0.1) is 0 Å². The number of piperazine rings is 1. The van der Waals surface area contributed by atoms with Gasteiger partial charge in [-0.25, -0.2) is 0 Å². The summed E-state index contributed by atoms with van der Waals surface area (Å²) in [6.07, 6.45) is 0.894. The molecule has 0 bridgehead atoms. The van der Waals surface area contributed by atoms with E-state index in [0.29, 0.717) is 25.4 Å². The minimum absolute atomic E-state index is 0.123. The molecule has 0 N–H and O–H groups in total. The highest BCUT2D eigenvalue weighted by Gasteiger charge is 2.25. The number of nitrogens with zero attached hydrogens (tertiary/aromatic N) is 3. The molecule has 1 heterocycles. The van der Waals surface area contributed by atoms with Crippen LogP contribution in [0, 0.1) is 10.1 Å². The molecule has 8 heteroatoms. The van der Waals surface area contributed by atoms with Crippen LogP contribution in [-0.4, -0.2) is 63.1 Å². The zero-order chi connectivity index (χ0) is 16.1. The van der Waals surface area contributed by atoms with Crippen molar-refractivity contribution in [1.82, 2.24) is 4.90 Å². The van der Waals surface area contributed by atoms with Crippen molar-refractivity contribution in [3.05, 3.63) is 22.2 Å². The van der Waals surface area contributed by atoms with Gasteiger partial charge >= 0.3 is 5.69 Å². The highest BCUT2D eigenvalue weighted by atomic mass is 16.6. The molecule has 0 aromatic heterocycles. The summed E-state index contributed by atoms with van der Waals surface area (Å²) in [6, 6.07) is 3.01. The average Bonchev–Trinajstić information content (AvgIpc) is 2.54. The van der Waals surface area contributed by atoms with E-state index in [1.807, 2.05) is 0 Å². The van der Waals surface area contributed by atoms with Crippen molar-refractivity contribution in [3.8, 4) is 11.5 Å². The van der Waals surface area contributed by atoms with Gasteiger partial charge in [0.2, 0.25) is 0 Å². The van der Waals surface area contributed by atoms with Crippen LogP contribution in [0.25, 0.3) is 0 Å². The summed E-state index contributed by atoms with van der Waals surface area (Å²) in [4.78, 5) is 25.3. The fourth-order valence-corrected chi connectivity index (χ4v) is 2.53. The largest absolute Gasteiger partial charge is 0.494 e. The van der Waals surface area contributed by atoms with Gasteiger partial charge in [-0.1, -0.05) is 0 Å². The van der Waals surface area contributed by atoms with Gasteiger partial charge in [-0.2, -0.15) is 0 Å². The summed E-state index contributed by atoms with van der Waals surface area (Å²) in [5.41, 5.74) is 0.637. The second-order valence-corrected chi connectivity index (χ2v) is 4.91. The quantitative estimate of drug-likeness (QED) is 0.439. The molecule has 0 spiro atoms. The lowest BCUT2D eigenvalue weighted by Crippen LogP contribution is -2.47. The lowest BCUT2D eigenvalue weighted by Gasteiger charge is -2.35. The van der Waals surface area contributed by atoms with Crippen LogP contribution in [0.5, 0.6) is 11.5 Å². The molecule has 1 fully saturated rings. The predicted octanol–water partition coefficient (Wildman–Crippen LogP) is 0.933. The lowest BCUT2D eigenvalue weighted by molar-refractivity contribution is -0.385. The molecule has 0 aliphatic carbocycles. The fraction of sp³-hybridized carbons (Fsp3) is 0.500. The summed E-state index contributed by atoms with van der Waals surface area (Å²) in [5, 5.41) is 11.1. The number of aldehydes is 1.